The number of nitrogens with one attached hydrogen (secondary N) is 2. The summed E-state index contributed by atoms with van der Waals surface area (Å²) >= 11 is 6.05. The van der Waals surface area contributed by atoms with Crippen molar-refractivity contribution in [1.82, 2.24) is 24.7 Å². The van der Waals surface area contributed by atoms with Gasteiger partial charge in [0.05, 0.1) is 12.7 Å². The van der Waals surface area contributed by atoms with Crippen LogP contribution in [-0.4, -0.2) is 31.3 Å². The van der Waals surface area contributed by atoms with Crippen molar-refractivity contribution in [2.75, 3.05) is 17.2 Å². The van der Waals surface area contributed by atoms with Gasteiger partial charge < -0.3 is 15.2 Å². The minimum absolute atomic E-state index is 0.476. The maximum absolute atomic E-state index is 6.05. The zero-order chi connectivity index (χ0) is 13.7. The predicted octanol–water partition coefficient (Wildman–Crippen LogP) is 1.69. The Morgan fingerprint density at radius 1 is 1.37 bits per heavy atom. The Bertz CT molecular complexity index is 540. The van der Waals surface area contributed by atoms with Crippen molar-refractivity contribution in [3.8, 4) is 0 Å². The van der Waals surface area contributed by atoms with Crippen LogP contribution in [0.1, 0.15) is 19.2 Å². The number of nitrogens with zero attached hydrogens (tertiary/aromatic N) is 5. The highest BCUT2D eigenvalue weighted by Crippen LogP contribution is 2.19. The Morgan fingerprint density at radius 2 is 2.21 bits per heavy atom. The van der Waals surface area contributed by atoms with E-state index in [2.05, 4.69) is 37.7 Å². The molecular formula is C11H16ClN7. The average Bonchev–Trinajstić information content (AvgIpc) is 2.82. The van der Waals surface area contributed by atoms with Crippen LogP contribution >= 0.6 is 11.6 Å². The van der Waals surface area contributed by atoms with E-state index >= 15 is 0 Å². The predicted molar refractivity (Wildman–Crippen MR) is 74.2 cm³/mol. The molecular weight excluding hydrogens is 266 g/mol. The molecule has 0 fully saturated rings. The molecule has 2 heterocycles. The van der Waals surface area contributed by atoms with Gasteiger partial charge in [0, 0.05) is 13.6 Å². The molecule has 0 saturated heterocycles. The summed E-state index contributed by atoms with van der Waals surface area (Å²) in [5.74, 6) is 1.95. The molecule has 0 aliphatic heterocycles. The van der Waals surface area contributed by atoms with Crippen molar-refractivity contribution >= 4 is 23.4 Å². The number of anilines is 2. The van der Waals surface area contributed by atoms with Crippen LogP contribution in [0, 0.1) is 0 Å². The third-order valence-electron chi connectivity index (χ3n) is 2.50. The van der Waals surface area contributed by atoms with Gasteiger partial charge in [-0.25, -0.2) is 4.98 Å². The zero-order valence-corrected chi connectivity index (χ0v) is 11.6. The summed E-state index contributed by atoms with van der Waals surface area (Å²) < 4.78 is 1.83. The van der Waals surface area contributed by atoms with Crippen LogP contribution in [0.4, 0.5) is 11.8 Å². The first-order valence-corrected chi connectivity index (χ1v) is 6.41. The molecule has 0 aliphatic rings. The van der Waals surface area contributed by atoms with E-state index in [0.717, 1.165) is 18.8 Å². The lowest BCUT2D eigenvalue weighted by molar-refractivity contribution is 0.809. The van der Waals surface area contributed by atoms with Gasteiger partial charge in [0.2, 0.25) is 5.95 Å². The third kappa shape index (κ3) is 3.54. The van der Waals surface area contributed by atoms with Crippen LogP contribution in [0.25, 0.3) is 0 Å². The SMILES string of the molecule is CCCNc1ncc(Cl)c(NCc2nncn2C)n1. The Kier molecular flexibility index (Phi) is 4.51. The summed E-state index contributed by atoms with van der Waals surface area (Å²) in [7, 11) is 1.88. The van der Waals surface area contributed by atoms with Crippen LogP contribution in [0.5, 0.6) is 0 Å². The number of halogens is 1. The lowest BCUT2D eigenvalue weighted by Gasteiger charge is -2.09. The van der Waals surface area contributed by atoms with Gasteiger partial charge in [-0.05, 0) is 6.42 Å². The molecule has 0 bridgehead atoms. The van der Waals surface area contributed by atoms with Crippen molar-refractivity contribution in [2.24, 2.45) is 7.05 Å². The second-order valence-corrected chi connectivity index (χ2v) is 4.44. The molecule has 0 aliphatic carbocycles. The van der Waals surface area contributed by atoms with Crippen LogP contribution in [-0.2, 0) is 13.6 Å². The fraction of sp³-hybridized carbons (Fsp3) is 0.455. The van der Waals surface area contributed by atoms with E-state index in [9.17, 15) is 0 Å². The minimum Gasteiger partial charge on any atom is -0.361 e. The zero-order valence-electron chi connectivity index (χ0n) is 10.9. The van der Waals surface area contributed by atoms with E-state index in [1.54, 1.807) is 12.5 Å². The minimum atomic E-state index is 0.476. The van der Waals surface area contributed by atoms with Gasteiger partial charge in [-0.1, -0.05) is 18.5 Å². The normalized spacial score (nSPS) is 10.5. The average molecular weight is 282 g/mol. The second kappa shape index (κ2) is 6.33. The second-order valence-electron chi connectivity index (χ2n) is 4.03. The summed E-state index contributed by atoms with van der Waals surface area (Å²) in [6.45, 7) is 3.40. The number of aromatic nitrogens is 5. The molecule has 0 spiro atoms. The maximum Gasteiger partial charge on any atom is 0.224 e. The lowest BCUT2D eigenvalue weighted by atomic mass is 10.5. The summed E-state index contributed by atoms with van der Waals surface area (Å²) in [5, 5.41) is 14.5. The Balaban J connectivity index is 2.04. The lowest BCUT2D eigenvalue weighted by Crippen LogP contribution is -2.10. The van der Waals surface area contributed by atoms with Gasteiger partial charge in [0.15, 0.2) is 11.6 Å². The molecule has 0 radical (unpaired) electrons. The van der Waals surface area contributed by atoms with Gasteiger partial charge in [0.25, 0.3) is 0 Å². The van der Waals surface area contributed by atoms with Gasteiger partial charge in [-0.3, -0.25) is 0 Å². The first-order valence-electron chi connectivity index (χ1n) is 6.04. The fourth-order valence-electron chi connectivity index (χ4n) is 1.44. The molecule has 0 saturated carbocycles. The maximum atomic E-state index is 6.05. The van der Waals surface area contributed by atoms with Crippen LogP contribution in [0.2, 0.25) is 5.02 Å². The fourth-order valence-corrected chi connectivity index (χ4v) is 1.60. The first-order chi connectivity index (χ1) is 9.20. The van der Waals surface area contributed by atoms with Crippen molar-refractivity contribution in [2.45, 2.75) is 19.9 Å². The van der Waals surface area contributed by atoms with E-state index < -0.39 is 0 Å². The van der Waals surface area contributed by atoms with Crippen molar-refractivity contribution in [1.29, 1.82) is 0 Å². The van der Waals surface area contributed by atoms with Crippen LogP contribution in [0.15, 0.2) is 12.5 Å². The molecule has 102 valence electrons. The topological polar surface area (TPSA) is 80.5 Å². The largest absolute Gasteiger partial charge is 0.361 e. The Hall–Kier alpha value is -1.89. The standard InChI is InChI=1S/C11H16ClN7/c1-3-4-13-11-15-5-8(12)10(17-11)14-6-9-18-16-7-19(9)2/h5,7H,3-4,6H2,1-2H3,(H2,13,14,15,17). The van der Waals surface area contributed by atoms with Gasteiger partial charge in [-0.2, -0.15) is 4.98 Å². The first kappa shape index (κ1) is 13.5. The molecule has 2 N–H and O–H groups in total. The molecule has 2 rings (SSSR count). The molecule has 2 aromatic heterocycles. The van der Waals surface area contributed by atoms with Crippen LogP contribution in [0.3, 0.4) is 0 Å². The summed E-state index contributed by atoms with van der Waals surface area (Å²) in [6.07, 6.45) is 4.23. The highest BCUT2D eigenvalue weighted by molar-refractivity contribution is 6.32. The highest BCUT2D eigenvalue weighted by Gasteiger charge is 2.07. The molecule has 8 heteroatoms. The van der Waals surface area contributed by atoms with Gasteiger partial charge in [0.1, 0.15) is 11.3 Å². The molecule has 0 unspecified atom stereocenters. The van der Waals surface area contributed by atoms with Crippen LogP contribution < -0.4 is 10.6 Å². The molecule has 2 aromatic rings. The monoisotopic (exact) mass is 281 g/mol. The van der Waals surface area contributed by atoms with E-state index in [1.165, 1.54) is 0 Å². The summed E-state index contributed by atoms with van der Waals surface area (Å²) in [5.41, 5.74) is 0. The van der Waals surface area contributed by atoms with E-state index in [-0.39, 0.29) is 0 Å². The molecule has 0 atom stereocenters. The van der Waals surface area contributed by atoms with Gasteiger partial charge in [-0.15, -0.1) is 10.2 Å². The van der Waals surface area contributed by atoms with E-state index in [1.807, 2.05) is 11.6 Å². The van der Waals surface area contributed by atoms with Gasteiger partial charge >= 0.3 is 0 Å². The summed E-state index contributed by atoms with van der Waals surface area (Å²) in [4.78, 5) is 8.43. The molecule has 19 heavy (non-hydrogen) atoms. The van der Waals surface area contributed by atoms with E-state index in [4.69, 9.17) is 11.6 Å². The number of aryl methyl sites for hydroxylation is 1. The third-order valence-corrected chi connectivity index (χ3v) is 2.77. The Labute approximate surface area is 116 Å². The molecule has 7 nitrogen and oxygen atoms in total. The van der Waals surface area contributed by atoms with Crippen molar-refractivity contribution < 1.29 is 0 Å². The summed E-state index contributed by atoms with van der Waals surface area (Å²) in [6, 6.07) is 0. The smallest absolute Gasteiger partial charge is 0.224 e. The number of hydrogen-bond acceptors (Lipinski definition) is 6. The van der Waals surface area contributed by atoms with Crippen molar-refractivity contribution in [3.63, 3.8) is 0 Å². The number of hydrogen-bond donors (Lipinski definition) is 2. The van der Waals surface area contributed by atoms with Crippen molar-refractivity contribution in [3.05, 3.63) is 23.4 Å². The molecule has 0 amide bonds. The van der Waals surface area contributed by atoms with E-state index in [0.29, 0.717) is 23.3 Å². The quantitative estimate of drug-likeness (QED) is 0.839. The highest BCUT2D eigenvalue weighted by atomic mass is 35.5. The number of rotatable bonds is 6. The molecule has 0 aromatic carbocycles. The Morgan fingerprint density at radius 3 is 2.89 bits per heavy atom.